The lowest BCUT2D eigenvalue weighted by Crippen LogP contribution is -2.15. The second-order valence-corrected chi connectivity index (χ2v) is 23.0. The van der Waals surface area contributed by atoms with Gasteiger partial charge in [-0.1, -0.05) is 210 Å². The molecular formula is C76H50O2. The van der Waals surface area contributed by atoms with Crippen LogP contribution in [0.15, 0.2) is 239 Å². The molecule has 78 heavy (non-hydrogen) atoms. The quantitative estimate of drug-likeness (QED) is 0.164. The Morgan fingerprint density at radius 3 is 1.01 bits per heavy atom. The average molecular weight is 995 g/mol. The third-order valence-electron chi connectivity index (χ3n) is 18.2. The number of fused-ring (bicyclic) bond motifs is 19. The Morgan fingerprint density at radius 1 is 0.231 bits per heavy atom. The van der Waals surface area contributed by atoms with Crippen LogP contribution in [0, 0.1) is 0 Å². The highest BCUT2D eigenvalue weighted by molar-refractivity contribution is 6.26. The van der Waals surface area contributed by atoms with Gasteiger partial charge in [-0.15, -0.1) is 0 Å². The van der Waals surface area contributed by atoms with E-state index in [4.69, 9.17) is 8.83 Å². The lowest BCUT2D eigenvalue weighted by molar-refractivity contribution is 0.661. The zero-order valence-corrected chi connectivity index (χ0v) is 43.8. The first-order chi connectivity index (χ1) is 38.2. The molecule has 0 aliphatic heterocycles. The first kappa shape index (κ1) is 43.7. The summed E-state index contributed by atoms with van der Waals surface area (Å²) < 4.78 is 13.5. The van der Waals surface area contributed by atoms with Crippen molar-refractivity contribution in [1.82, 2.24) is 0 Å². The molecule has 2 aromatic heterocycles. The smallest absolute Gasteiger partial charge is 0.143 e. The van der Waals surface area contributed by atoms with Crippen LogP contribution in [0.1, 0.15) is 49.9 Å². The molecule has 2 aliphatic carbocycles. The standard InChI is InChI=1S/C76H50O2/c1-75(2)63-39-57-58-40-64-62(72-50-30-14-12-26-46(50)56(42-66(72)76(64,3)4)54-34-20-32-52-48-28-16-18-36-68(48)78-74(52)54)38-60(58)70(44-23-9-6-10-24-44)69(43-21-7-5-8-22-43)59(57)37-61(63)71-49-29-13-11-25-45(49)55(41-65(71)75)53-33-19-31-51-47-27-15-17-35-67(47)77-73(51)53/h5-42H,1-4H3. The molecule has 2 heteroatoms. The largest absolute Gasteiger partial charge is 0.455 e. The summed E-state index contributed by atoms with van der Waals surface area (Å²) in [6.07, 6.45) is 0. The van der Waals surface area contributed by atoms with E-state index < -0.39 is 0 Å². The molecule has 0 radical (unpaired) electrons. The summed E-state index contributed by atoms with van der Waals surface area (Å²) >= 11 is 0. The fourth-order valence-corrected chi connectivity index (χ4v) is 14.6. The van der Waals surface area contributed by atoms with Gasteiger partial charge in [0, 0.05) is 43.5 Å². The number of benzene rings is 13. The molecule has 2 aliphatic rings. The lowest BCUT2D eigenvalue weighted by Gasteiger charge is -2.26. The number of para-hydroxylation sites is 4. The minimum atomic E-state index is -0.332. The van der Waals surface area contributed by atoms with Crippen molar-refractivity contribution in [2.75, 3.05) is 0 Å². The van der Waals surface area contributed by atoms with Crippen molar-refractivity contribution in [3.05, 3.63) is 253 Å². The second kappa shape index (κ2) is 15.6. The molecule has 13 aromatic carbocycles. The van der Waals surface area contributed by atoms with Crippen molar-refractivity contribution in [2.45, 2.75) is 38.5 Å². The first-order valence-electron chi connectivity index (χ1n) is 27.4. The fraction of sp³-hybridized carbons (Fsp3) is 0.0789. The maximum atomic E-state index is 6.75. The third-order valence-corrected chi connectivity index (χ3v) is 18.2. The van der Waals surface area contributed by atoms with Gasteiger partial charge in [0.25, 0.3) is 0 Å². The molecule has 0 saturated carbocycles. The van der Waals surface area contributed by atoms with Gasteiger partial charge in [0.1, 0.15) is 22.3 Å². The summed E-state index contributed by atoms with van der Waals surface area (Å²) in [6.45, 7) is 9.76. The minimum Gasteiger partial charge on any atom is -0.455 e. The maximum absolute atomic E-state index is 6.75. The Hall–Kier alpha value is -9.50. The number of rotatable bonds is 4. The Kier molecular flexibility index (Phi) is 8.72. The Morgan fingerprint density at radius 2 is 0.590 bits per heavy atom. The highest BCUT2D eigenvalue weighted by atomic mass is 16.3. The van der Waals surface area contributed by atoms with Crippen LogP contribution in [-0.4, -0.2) is 0 Å². The topological polar surface area (TPSA) is 26.3 Å². The molecule has 0 saturated heterocycles. The second-order valence-electron chi connectivity index (χ2n) is 23.0. The molecule has 0 bridgehead atoms. The molecule has 2 nitrogen and oxygen atoms in total. The molecule has 0 fully saturated rings. The van der Waals surface area contributed by atoms with Gasteiger partial charge in [0.05, 0.1) is 0 Å². The van der Waals surface area contributed by atoms with Crippen LogP contribution < -0.4 is 0 Å². The van der Waals surface area contributed by atoms with Crippen molar-refractivity contribution < 1.29 is 8.83 Å². The summed E-state index contributed by atoms with van der Waals surface area (Å²) in [5, 5.41) is 14.6. The highest BCUT2D eigenvalue weighted by Gasteiger charge is 2.41. The van der Waals surface area contributed by atoms with E-state index in [9.17, 15) is 0 Å². The summed E-state index contributed by atoms with van der Waals surface area (Å²) in [6, 6.07) is 85.8. The van der Waals surface area contributed by atoms with Gasteiger partial charge < -0.3 is 8.83 Å². The van der Waals surface area contributed by atoms with E-state index in [1.54, 1.807) is 0 Å². The maximum Gasteiger partial charge on any atom is 0.143 e. The van der Waals surface area contributed by atoms with Gasteiger partial charge in [-0.2, -0.15) is 0 Å². The zero-order chi connectivity index (χ0) is 51.8. The van der Waals surface area contributed by atoms with Crippen molar-refractivity contribution in [3.63, 3.8) is 0 Å². The fourth-order valence-electron chi connectivity index (χ4n) is 14.6. The van der Waals surface area contributed by atoms with Crippen LogP contribution in [0.4, 0.5) is 0 Å². The number of hydrogen-bond donors (Lipinski definition) is 0. The lowest BCUT2D eigenvalue weighted by atomic mass is 9.77. The van der Waals surface area contributed by atoms with E-state index in [2.05, 4.69) is 258 Å². The van der Waals surface area contributed by atoms with Crippen LogP contribution in [0.2, 0.25) is 0 Å². The van der Waals surface area contributed by atoms with E-state index >= 15 is 0 Å². The molecule has 15 aromatic rings. The number of hydrogen-bond acceptors (Lipinski definition) is 2. The van der Waals surface area contributed by atoms with E-state index in [1.165, 1.54) is 121 Å². The van der Waals surface area contributed by atoms with Crippen LogP contribution in [0.25, 0.3) is 154 Å². The summed E-state index contributed by atoms with van der Waals surface area (Å²) in [4.78, 5) is 0. The Labute approximate surface area is 451 Å². The van der Waals surface area contributed by atoms with Crippen molar-refractivity contribution in [3.8, 4) is 66.8 Å². The molecule has 2 heterocycles. The van der Waals surface area contributed by atoms with Crippen LogP contribution in [0.5, 0.6) is 0 Å². The van der Waals surface area contributed by atoms with Gasteiger partial charge >= 0.3 is 0 Å². The van der Waals surface area contributed by atoms with E-state index in [1.807, 2.05) is 0 Å². The molecule has 0 amide bonds. The minimum absolute atomic E-state index is 0.332. The van der Waals surface area contributed by atoms with Gasteiger partial charge in [-0.25, -0.2) is 0 Å². The van der Waals surface area contributed by atoms with E-state index in [-0.39, 0.29) is 10.8 Å². The Bertz CT molecular complexity index is 4800. The molecule has 0 unspecified atom stereocenters. The van der Waals surface area contributed by atoms with Gasteiger partial charge in [0.15, 0.2) is 0 Å². The van der Waals surface area contributed by atoms with Gasteiger partial charge in [-0.05, 0) is 170 Å². The Balaban J connectivity index is 0.962. The average Bonchev–Trinajstić information content (AvgIpc) is 4.35. The summed E-state index contributed by atoms with van der Waals surface area (Å²) in [5.74, 6) is 0. The van der Waals surface area contributed by atoms with E-state index in [0.717, 1.165) is 55.0 Å². The monoisotopic (exact) mass is 994 g/mol. The molecule has 17 rings (SSSR count). The molecule has 0 spiro atoms. The van der Waals surface area contributed by atoms with Crippen molar-refractivity contribution in [2.24, 2.45) is 0 Å². The van der Waals surface area contributed by atoms with Gasteiger partial charge in [-0.3, -0.25) is 0 Å². The van der Waals surface area contributed by atoms with Crippen molar-refractivity contribution >= 4 is 87.0 Å². The van der Waals surface area contributed by atoms with Gasteiger partial charge in [0.2, 0.25) is 0 Å². The van der Waals surface area contributed by atoms with Crippen molar-refractivity contribution in [1.29, 1.82) is 0 Å². The molecule has 366 valence electrons. The zero-order valence-electron chi connectivity index (χ0n) is 43.8. The molecule has 0 atom stereocenters. The SMILES string of the molecule is CC1(C)c2cc3c(cc2-c2c1cc(-c1cccc4c1oc1ccccc14)c1ccccc21)c(-c1ccccc1)c(-c1ccccc1)c1cc2c(cc13)C(C)(C)c1cc(-c3cccc4c3oc3ccccc34)c3ccccc3c1-2. The number of furan rings is 2. The summed E-state index contributed by atoms with van der Waals surface area (Å²) in [5.41, 5.74) is 23.2. The predicted octanol–water partition coefficient (Wildman–Crippen LogP) is 21.4. The molecule has 0 N–H and O–H groups in total. The summed E-state index contributed by atoms with van der Waals surface area (Å²) in [7, 11) is 0. The molecular weight excluding hydrogens is 945 g/mol. The predicted molar refractivity (Wildman–Crippen MR) is 328 cm³/mol. The highest BCUT2D eigenvalue weighted by Crippen LogP contribution is 2.60. The van der Waals surface area contributed by atoms with Crippen LogP contribution >= 0.6 is 0 Å². The van der Waals surface area contributed by atoms with E-state index in [0.29, 0.717) is 0 Å². The first-order valence-corrected chi connectivity index (χ1v) is 27.4. The van der Waals surface area contributed by atoms with Crippen LogP contribution in [-0.2, 0) is 10.8 Å². The van der Waals surface area contributed by atoms with Crippen LogP contribution in [0.3, 0.4) is 0 Å². The normalized spacial score (nSPS) is 14.1. The third kappa shape index (κ3) is 5.76.